The maximum atomic E-state index is 13.3. The predicted molar refractivity (Wildman–Crippen MR) is 93.7 cm³/mol. The molecule has 1 saturated carbocycles. The smallest absolute Gasteiger partial charge is 0.224 e. The normalized spacial score (nSPS) is 24.3. The van der Waals surface area contributed by atoms with Crippen LogP contribution >= 0.6 is 11.6 Å². The number of rotatable bonds is 4. The van der Waals surface area contributed by atoms with Gasteiger partial charge in [0.05, 0.1) is 24.2 Å². The van der Waals surface area contributed by atoms with Gasteiger partial charge in [-0.3, -0.25) is 0 Å². The second-order valence-electron chi connectivity index (χ2n) is 6.83. The lowest BCUT2D eigenvalue weighted by molar-refractivity contribution is 0.0729. The number of ether oxygens (including phenoxy) is 2. The molecular formula is C16H22ClN3O4S. The summed E-state index contributed by atoms with van der Waals surface area (Å²) in [6, 6.07) is 1.81. The minimum atomic E-state index is -3.34. The van der Waals surface area contributed by atoms with Gasteiger partial charge in [-0.1, -0.05) is 0 Å². The van der Waals surface area contributed by atoms with Gasteiger partial charge >= 0.3 is 0 Å². The Morgan fingerprint density at radius 1 is 1.08 bits per heavy atom. The zero-order chi connectivity index (χ0) is 17.5. The van der Waals surface area contributed by atoms with Gasteiger partial charge in [0.15, 0.2) is 9.84 Å². The molecule has 3 aliphatic rings. The molecule has 0 radical (unpaired) electrons. The largest absolute Gasteiger partial charge is 0.381 e. The number of anilines is 1. The molecule has 25 heavy (non-hydrogen) atoms. The van der Waals surface area contributed by atoms with Gasteiger partial charge in [-0.2, -0.15) is 0 Å². The quantitative estimate of drug-likeness (QED) is 0.725. The Kier molecular flexibility index (Phi) is 4.64. The molecule has 7 nitrogen and oxygen atoms in total. The summed E-state index contributed by atoms with van der Waals surface area (Å²) in [5.74, 6) is 0.676. The highest BCUT2D eigenvalue weighted by Crippen LogP contribution is 2.47. The van der Waals surface area contributed by atoms with Crippen LogP contribution in [0.25, 0.3) is 0 Å². The van der Waals surface area contributed by atoms with Crippen molar-refractivity contribution < 1.29 is 17.9 Å². The minimum absolute atomic E-state index is 0.0934. The molecule has 0 N–H and O–H groups in total. The Labute approximate surface area is 152 Å². The van der Waals surface area contributed by atoms with Crippen LogP contribution in [0.2, 0.25) is 5.28 Å². The molecule has 3 heterocycles. The van der Waals surface area contributed by atoms with Crippen molar-refractivity contribution >= 4 is 27.3 Å². The van der Waals surface area contributed by atoms with Crippen molar-refractivity contribution in [1.29, 1.82) is 0 Å². The van der Waals surface area contributed by atoms with Gasteiger partial charge in [0, 0.05) is 32.4 Å². The molecule has 0 amide bonds. The molecule has 2 aliphatic heterocycles. The summed E-state index contributed by atoms with van der Waals surface area (Å²) in [6.07, 6.45) is 2.31. The third kappa shape index (κ3) is 3.13. The van der Waals surface area contributed by atoms with E-state index >= 15 is 0 Å². The SMILES string of the molecule is O=S(=O)(C1CC1)C1(c2cc(N3CCOCC3)nc(Cl)n2)CCOCC1. The second kappa shape index (κ2) is 6.64. The first-order valence-electron chi connectivity index (χ1n) is 8.72. The van der Waals surface area contributed by atoms with Crippen molar-refractivity contribution in [3.05, 3.63) is 17.0 Å². The number of nitrogens with zero attached hydrogens (tertiary/aromatic N) is 3. The number of sulfone groups is 1. The fourth-order valence-corrected chi connectivity index (χ4v) is 6.38. The first-order chi connectivity index (χ1) is 12.0. The van der Waals surface area contributed by atoms with E-state index in [1.54, 1.807) is 0 Å². The van der Waals surface area contributed by atoms with Crippen LogP contribution in [0.1, 0.15) is 31.4 Å². The Morgan fingerprint density at radius 3 is 2.36 bits per heavy atom. The van der Waals surface area contributed by atoms with Crippen LogP contribution in [0.5, 0.6) is 0 Å². The lowest BCUT2D eigenvalue weighted by atomic mass is 9.94. The molecule has 0 aromatic carbocycles. The standard InChI is InChI=1S/C16H22ClN3O4S/c17-15-18-13(11-14(19-15)20-5-9-24-10-6-20)16(3-7-23-8-4-16)25(21,22)12-1-2-12/h11-12H,1-10H2. The second-order valence-corrected chi connectivity index (χ2v) is 9.71. The van der Waals surface area contributed by atoms with E-state index < -0.39 is 14.6 Å². The van der Waals surface area contributed by atoms with Crippen molar-refractivity contribution in [1.82, 2.24) is 9.97 Å². The first-order valence-corrected chi connectivity index (χ1v) is 10.6. The fraction of sp³-hybridized carbons (Fsp3) is 0.750. The molecule has 1 aliphatic carbocycles. The maximum absolute atomic E-state index is 13.3. The molecule has 0 unspecified atom stereocenters. The Balaban J connectivity index is 1.78. The summed E-state index contributed by atoms with van der Waals surface area (Å²) in [7, 11) is -3.34. The highest BCUT2D eigenvalue weighted by atomic mass is 35.5. The number of halogens is 1. The van der Waals surface area contributed by atoms with Crippen LogP contribution < -0.4 is 4.90 Å². The van der Waals surface area contributed by atoms with Crippen LogP contribution in [0.4, 0.5) is 5.82 Å². The van der Waals surface area contributed by atoms with Crippen molar-refractivity contribution in [2.45, 2.75) is 35.7 Å². The van der Waals surface area contributed by atoms with Gasteiger partial charge in [0.1, 0.15) is 10.6 Å². The molecule has 3 fully saturated rings. The van der Waals surface area contributed by atoms with E-state index in [9.17, 15) is 8.42 Å². The van der Waals surface area contributed by atoms with E-state index in [1.807, 2.05) is 6.07 Å². The molecule has 9 heteroatoms. The molecule has 0 bridgehead atoms. The number of hydrogen-bond acceptors (Lipinski definition) is 7. The molecule has 1 aromatic rings. The van der Waals surface area contributed by atoms with E-state index in [4.69, 9.17) is 21.1 Å². The zero-order valence-corrected chi connectivity index (χ0v) is 15.6. The summed E-state index contributed by atoms with van der Waals surface area (Å²) < 4.78 is 36.4. The van der Waals surface area contributed by atoms with Gasteiger partial charge in [0.2, 0.25) is 5.28 Å². The predicted octanol–water partition coefficient (Wildman–Crippen LogP) is 1.55. The van der Waals surface area contributed by atoms with Crippen LogP contribution in [0, 0.1) is 0 Å². The molecule has 138 valence electrons. The van der Waals surface area contributed by atoms with Crippen LogP contribution in [-0.2, 0) is 24.1 Å². The van der Waals surface area contributed by atoms with E-state index in [0.717, 1.165) is 12.8 Å². The minimum Gasteiger partial charge on any atom is -0.381 e. The molecule has 2 saturated heterocycles. The summed E-state index contributed by atoms with van der Waals surface area (Å²) in [5.41, 5.74) is 0.518. The van der Waals surface area contributed by atoms with E-state index in [-0.39, 0.29) is 10.5 Å². The van der Waals surface area contributed by atoms with Crippen molar-refractivity contribution in [2.24, 2.45) is 0 Å². The molecular weight excluding hydrogens is 366 g/mol. The average Bonchev–Trinajstić information content (AvgIpc) is 3.48. The van der Waals surface area contributed by atoms with E-state index in [1.165, 1.54) is 0 Å². The third-order valence-electron chi connectivity index (χ3n) is 5.30. The molecule has 0 spiro atoms. The number of morpholine rings is 1. The highest BCUT2D eigenvalue weighted by molar-refractivity contribution is 7.93. The monoisotopic (exact) mass is 387 g/mol. The van der Waals surface area contributed by atoms with E-state index in [2.05, 4.69) is 14.9 Å². The highest BCUT2D eigenvalue weighted by Gasteiger charge is 2.54. The zero-order valence-electron chi connectivity index (χ0n) is 14.0. The van der Waals surface area contributed by atoms with Gasteiger partial charge in [-0.15, -0.1) is 0 Å². The fourth-order valence-electron chi connectivity index (χ4n) is 3.68. The van der Waals surface area contributed by atoms with Crippen molar-refractivity contribution in [3.63, 3.8) is 0 Å². The van der Waals surface area contributed by atoms with Gasteiger partial charge in [-0.25, -0.2) is 18.4 Å². The van der Waals surface area contributed by atoms with E-state index in [0.29, 0.717) is 63.9 Å². The number of aromatic nitrogens is 2. The van der Waals surface area contributed by atoms with Gasteiger partial charge in [-0.05, 0) is 37.3 Å². The van der Waals surface area contributed by atoms with Crippen LogP contribution in [-0.4, -0.2) is 63.2 Å². The first kappa shape index (κ1) is 17.5. The van der Waals surface area contributed by atoms with Gasteiger partial charge in [0.25, 0.3) is 0 Å². The molecule has 1 aromatic heterocycles. The summed E-state index contributed by atoms with van der Waals surface area (Å²) in [4.78, 5) is 10.8. The Hall–Kier alpha value is -0.960. The lowest BCUT2D eigenvalue weighted by Gasteiger charge is -2.37. The Morgan fingerprint density at radius 2 is 1.72 bits per heavy atom. The topological polar surface area (TPSA) is 81.6 Å². The van der Waals surface area contributed by atoms with Crippen molar-refractivity contribution in [3.8, 4) is 0 Å². The van der Waals surface area contributed by atoms with Crippen LogP contribution in [0.15, 0.2) is 6.07 Å². The lowest BCUT2D eigenvalue weighted by Crippen LogP contribution is -2.44. The summed E-state index contributed by atoms with van der Waals surface area (Å²) >= 11 is 6.19. The maximum Gasteiger partial charge on any atom is 0.224 e. The summed E-state index contributed by atoms with van der Waals surface area (Å²) in [5, 5.41) is -0.165. The number of hydrogen-bond donors (Lipinski definition) is 0. The van der Waals surface area contributed by atoms with Crippen LogP contribution in [0.3, 0.4) is 0 Å². The third-order valence-corrected chi connectivity index (χ3v) is 8.52. The molecule has 4 rings (SSSR count). The molecule has 0 atom stereocenters. The average molecular weight is 388 g/mol. The van der Waals surface area contributed by atoms with Crippen molar-refractivity contribution in [2.75, 3.05) is 44.4 Å². The summed E-state index contributed by atoms with van der Waals surface area (Å²) in [6.45, 7) is 3.49. The Bertz CT molecular complexity index is 742. The van der Waals surface area contributed by atoms with Gasteiger partial charge < -0.3 is 14.4 Å².